The van der Waals surface area contributed by atoms with Crippen molar-refractivity contribution in [2.24, 2.45) is 10.9 Å². The summed E-state index contributed by atoms with van der Waals surface area (Å²) >= 11 is 0. The fraction of sp³-hybridized carbons (Fsp3) is 0.481. The molecule has 4 rings (SSSR count). The van der Waals surface area contributed by atoms with Gasteiger partial charge in [0.25, 0.3) is 0 Å². The molecule has 0 bridgehead atoms. The second-order valence-electron chi connectivity index (χ2n) is 8.95. The molecule has 0 aliphatic carbocycles. The molecule has 0 aromatic heterocycles. The van der Waals surface area contributed by atoms with Gasteiger partial charge < -0.3 is 20.3 Å². The van der Waals surface area contributed by atoms with Crippen LogP contribution in [0.3, 0.4) is 0 Å². The molecule has 2 aliphatic heterocycles. The molecular formula is C27H36N4O2. The van der Waals surface area contributed by atoms with E-state index in [2.05, 4.69) is 64.9 Å². The zero-order valence-electron chi connectivity index (χ0n) is 19.9. The van der Waals surface area contributed by atoms with E-state index < -0.39 is 0 Å². The summed E-state index contributed by atoms with van der Waals surface area (Å²) in [6.45, 7) is 6.30. The molecular weight excluding hydrogens is 412 g/mol. The molecule has 2 heterocycles. The first-order chi connectivity index (χ1) is 16.2. The number of likely N-dealkylation sites (tertiary alicyclic amines) is 1. The van der Waals surface area contributed by atoms with E-state index in [4.69, 9.17) is 9.73 Å². The van der Waals surface area contributed by atoms with Gasteiger partial charge in [-0.05, 0) is 72.9 Å². The van der Waals surface area contributed by atoms with Crippen molar-refractivity contribution < 1.29 is 9.53 Å². The molecule has 6 heteroatoms. The molecule has 1 fully saturated rings. The molecule has 33 heavy (non-hydrogen) atoms. The largest absolute Gasteiger partial charge is 0.493 e. The molecule has 0 atom stereocenters. The zero-order valence-corrected chi connectivity index (χ0v) is 19.9. The van der Waals surface area contributed by atoms with Gasteiger partial charge in [0.15, 0.2) is 5.96 Å². The standard InChI is InChI=1S/C27H36N4O2/c1-3-29-27(31-14-12-20(13-15-31)17-26(32)28-2)30-19-21-6-8-22(9-7-21)23-10-11-25-24(18-23)5-4-16-33-25/h6-11,18,20H,3-5,12-17,19H2,1-2H3,(H,28,32)(H,29,30). The first kappa shape index (κ1) is 23.1. The van der Waals surface area contributed by atoms with Crippen molar-refractivity contribution in [3.8, 4) is 16.9 Å². The number of piperidine rings is 1. The lowest BCUT2D eigenvalue weighted by Gasteiger charge is -2.34. The Bertz CT molecular complexity index is 963. The number of rotatable bonds is 6. The van der Waals surface area contributed by atoms with Crippen molar-refractivity contribution in [1.29, 1.82) is 0 Å². The summed E-state index contributed by atoms with van der Waals surface area (Å²) in [7, 11) is 1.71. The molecule has 1 saturated heterocycles. The first-order valence-corrected chi connectivity index (χ1v) is 12.2. The Balaban J connectivity index is 1.37. The van der Waals surface area contributed by atoms with Gasteiger partial charge in [0.1, 0.15) is 5.75 Å². The monoisotopic (exact) mass is 448 g/mol. The summed E-state index contributed by atoms with van der Waals surface area (Å²) in [4.78, 5) is 18.9. The Kier molecular flexibility index (Phi) is 7.87. The Morgan fingerprint density at radius 3 is 2.61 bits per heavy atom. The van der Waals surface area contributed by atoms with Gasteiger partial charge in [-0.3, -0.25) is 4.79 Å². The molecule has 0 spiro atoms. The highest BCUT2D eigenvalue weighted by Crippen LogP contribution is 2.30. The number of hydrogen-bond acceptors (Lipinski definition) is 3. The third-order valence-corrected chi connectivity index (χ3v) is 6.61. The number of guanidine groups is 1. The molecule has 2 N–H and O–H groups in total. The van der Waals surface area contributed by atoms with E-state index in [9.17, 15) is 4.79 Å². The summed E-state index contributed by atoms with van der Waals surface area (Å²) in [5.74, 6) is 2.60. The molecule has 6 nitrogen and oxygen atoms in total. The maximum atomic E-state index is 11.7. The average molecular weight is 449 g/mol. The SMILES string of the molecule is CCNC(=NCc1ccc(-c2ccc3c(c2)CCCO3)cc1)N1CCC(CC(=O)NC)CC1. The van der Waals surface area contributed by atoms with Crippen molar-refractivity contribution in [3.05, 3.63) is 53.6 Å². The van der Waals surface area contributed by atoms with E-state index in [0.29, 0.717) is 18.9 Å². The van der Waals surface area contributed by atoms with Crippen LogP contribution < -0.4 is 15.4 Å². The summed E-state index contributed by atoms with van der Waals surface area (Å²) in [6, 6.07) is 15.2. The van der Waals surface area contributed by atoms with Gasteiger partial charge in [-0.1, -0.05) is 30.3 Å². The normalized spacial score (nSPS) is 16.7. The number of aliphatic imine (C=N–C) groups is 1. The van der Waals surface area contributed by atoms with Crippen molar-refractivity contribution in [3.63, 3.8) is 0 Å². The minimum atomic E-state index is 0.140. The number of ether oxygens (including phenoxy) is 1. The number of carbonyl (C=O) groups is 1. The Morgan fingerprint density at radius 1 is 1.12 bits per heavy atom. The highest BCUT2D eigenvalue weighted by molar-refractivity contribution is 5.80. The van der Waals surface area contributed by atoms with Crippen LogP contribution in [0.25, 0.3) is 11.1 Å². The summed E-state index contributed by atoms with van der Waals surface area (Å²) in [5.41, 5.74) is 4.97. The molecule has 0 saturated carbocycles. The second-order valence-corrected chi connectivity index (χ2v) is 8.95. The van der Waals surface area contributed by atoms with E-state index in [0.717, 1.165) is 63.6 Å². The molecule has 2 aliphatic rings. The number of nitrogens with zero attached hydrogens (tertiary/aromatic N) is 2. The predicted molar refractivity (Wildman–Crippen MR) is 133 cm³/mol. The van der Waals surface area contributed by atoms with Crippen molar-refractivity contribution >= 4 is 11.9 Å². The smallest absolute Gasteiger partial charge is 0.220 e. The lowest BCUT2D eigenvalue weighted by molar-refractivity contribution is -0.121. The van der Waals surface area contributed by atoms with E-state index in [1.165, 1.54) is 22.3 Å². The number of aryl methyl sites for hydroxylation is 1. The van der Waals surface area contributed by atoms with Crippen LogP contribution in [-0.2, 0) is 17.8 Å². The quantitative estimate of drug-likeness (QED) is 0.518. The highest BCUT2D eigenvalue weighted by Gasteiger charge is 2.23. The van der Waals surface area contributed by atoms with Gasteiger partial charge in [0, 0.05) is 33.1 Å². The van der Waals surface area contributed by atoms with Crippen molar-refractivity contribution in [1.82, 2.24) is 15.5 Å². The highest BCUT2D eigenvalue weighted by atomic mass is 16.5. The number of amides is 1. The third kappa shape index (κ3) is 6.06. The second kappa shape index (κ2) is 11.2. The van der Waals surface area contributed by atoms with Gasteiger partial charge in [0.05, 0.1) is 13.2 Å². The van der Waals surface area contributed by atoms with Crippen LogP contribution in [0, 0.1) is 5.92 Å². The number of benzene rings is 2. The molecule has 1 amide bonds. The number of fused-ring (bicyclic) bond motifs is 1. The van der Waals surface area contributed by atoms with Gasteiger partial charge in [-0.25, -0.2) is 4.99 Å². The minimum absolute atomic E-state index is 0.140. The maximum absolute atomic E-state index is 11.7. The van der Waals surface area contributed by atoms with Gasteiger partial charge >= 0.3 is 0 Å². The van der Waals surface area contributed by atoms with E-state index in [-0.39, 0.29) is 5.91 Å². The fourth-order valence-electron chi connectivity index (χ4n) is 4.65. The van der Waals surface area contributed by atoms with Crippen LogP contribution in [0.4, 0.5) is 0 Å². The van der Waals surface area contributed by atoms with E-state index >= 15 is 0 Å². The summed E-state index contributed by atoms with van der Waals surface area (Å²) in [6.07, 6.45) is 4.86. The lowest BCUT2D eigenvalue weighted by atomic mass is 9.93. The molecule has 2 aromatic carbocycles. The van der Waals surface area contributed by atoms with Crippen molar-refractivity contribution in [2.45, 2.75) is 45.6 Å². The van der Waals surface area contributed by atoms with Crippen molar-refractivity contribution in [2.75, 3.05) is 33.3 Å². The molecule has 0 unspecified atom stereocenters. The van der Waals surface area contributed by atoms with Gasteiger partial charge in [-0.2, -0.15) is 0 Å². The average Bonchev–Trinajstić information content (AvgIpc) is 2.87. The maximum Gasteiger partial charge on any atom is 0.220 e. The summed E-state index contributed by atoms with van der Waals surface area (Å²) in [5, 5.41) is 6.18. The lowest BCUT2D eigenvalue weighted by Crippen LogP contribution is -2.46. The zero-order chi connectivity index (χ0) is 23.0. The minimum Gasteiger partial charge on any atom is -0.493 e. The van der Waals surface area contributed by atoms with Crippen LogP contribution in [0.15, 0.2) is 47.5 Å². The summed E-state index contributed by atoms with van der Waals surface area (Å²) < 4.78 is 5.74. The van der Waals surface area contributed by atoms with Crippen LogP contribution in [-0.4, -0.2) is 50.1 Å². The topological polar surface area (TPSA) is 66.0 Å². The van der Waals surface area contributed by atoms with Gasteiger partial charge in [0.2, 0.25) is 5.91 Å². The van der Waals surface area contributed by atoms with Gasteiger partial charge in [-0.15, -0.1) is 0 Å². The Labute approximate surface area is 197 Å². The van der Waals surface area contributed by atoms with E-state index in [1.807, 2.05) is 0 Å². The van der Waals surface area contributed by atoms with Crippen LogP contribution in [0.5, 0.6) is 5.75 Å². The molecule has 176 valence electrons. The van der Waals surface area contributed by atoms with Crippen LogP contribution >= 0.6 is 0 Å². The number of nitrogens with one attached hydrogen (secondary N) is 2. The molecule has 0 radical (unpaired) electrons. The Hall–Kier alpha value is -3.02. The first-order valence-electron chi connectivity index (χ1n) is 12.2. The van der Waals surface area contributed by atoms with Crippen LogP contribution in [0.2, 0.25) is 0 Å². The van der Waals surface area contributed by atoms with Crippen LogP contribution in [0.1, 0.15) is 43.7 Å². The van der Waals surface area contributed by atoms with E-state index in [1.54, 1.807) is 7.05 Å². The predicted octanol–water partition coefficient (Wildman–Crippen LogP) is 3.99. The third-order valence-electron chi connectivity index (χ3n) is 6.61. The number of carbonyl (C=O) groups excluding carboxylic acids is 1. The fourth-order valence-corrected chi connectivity index (χ4v) is 4.65. The molecule has 2 aromatic rings. The number of hydrogen-bond donors (Lipinski definition) is 2. The Morgan fingerprint density at radius 2 is 1.88 bits per heavy atom.